The number of benzene rings is 2. The maximum Gasteiger partial charge on any atom is 0.418 e. The van der Waals surface area contributed by atoms with Crippen LogP contribution in [0.25, 0.3) is 0 Å². The Labute approximate surface area is 135 Å². The van der Waals surface area contributed by atoms with E-state index in [2.05, 4.69) is 0 Å². The first-order valence-corrected chi connectivity index (χ1v) is 6.74. The highest BCUT2D eigenvalue weighted by Gasteiger charge is 2.34. The van der Waals surface area contributed by atoms with Gasteiger partial charge in [-0.1, -0.05) is 12.1 Å². The average molecular weight is 338 g/mol. The number of phenolic OH excluding ortho intramolecular Hbond substituents is 1. The van der Waals surface area contributed by atoms with Crippen LogP contribution in [0.4, 0.5) is 24.5 Å². The number of halogens is 3. The minimum absolute atomic E-state index is 0.0249. The molecule has 0 aromatic heterocycles. The predicted molar refractivity (Wildman–Crippen MR) is 81.6 cm³/mol. The van der Waals surface area contributed by atoms with Gasteiger partial charge >= 0.3 is 18.0 Å². The first-order chi connectivity index (χ1) is 11.2. The molecule has 0 heterocycles. The molecule has 2 rings (SSSR count). The van der Waals surface area contributed by atoms with Crippen molar-refractivity contribution in [1.82, 2.24) is 0 Å². The Balaban J connectivity index is 2.18. The maximum absolute atomic E-state index is 12.9. The number of nitrogens with one attached hydrogen (secondary N) is 1. The lowest BCUT2D eigenvalue weighted by Gasteiger charge is -2.18. The number of hydrogen-bond donors (Lipinski definition) is 2. The van der Waals surface area contributed by atoms with Gasteiger partial charge in [0.1, 0.15) is 5.75 Å². The zero-order valence-corrected chi connectivity index (χ0v) is 12.5. The molecule has 0 aliphatic heterocycles. The molecular formula is C16H13F3N2O3. The highest BCUT2D eigenvalue weighted by molar-refractivity contribution is 6.44. The lowest BCUT2D eigenvalue weighted by Crippen LogP contribution is -2.37. The number of alkyl halides is 3. The van der Waals surface area contributed by atoms with Crippen molar-refractivity contribution in [1.29, 1.82) is 0 Å². The molecule has 5 nitrogen and oxygen atoms in total. The van der Waals surface area contributed by atoms with Gasteiger partial charge in [0.2, 0.25) is 0 Å². The number of carbonyl (C=O) groups excluding carboxylic acids is 2. The number of likely N-dealkylation sites (N-methyl/N-ethyl adjacent to an activating group) is 1. The van der Waals surface area contributed by atoms with Crippen molar-refractivity contribution in [3.63, 3.8) is 0 Å². The summed E-state index contributed by atoms with van der Waals surface area (Å²) in [6.07, 6.45) is -4.66. The number of amides is 2. The SMILES string of the molecule is CN(C(=O)C(=O)Nc1ccccc1C(F)(F)F)c1ccc(O)cc1. The second-order valence-electron chi connectivity index (χ2n) is 4.88. The molecule has 126 valence electrons. The molecule has 2 N–H and O–H groups in total. The Morgan fingerprint density at radius 3 is 2.21 bits per heavy atom. The van der Waals surface area contributed by atoms with E-state index in [1.807, 2.05) is 5.32 Å². The summed E-state index contributed by atoms with van der Waals surface area (Å²) in [4.78, 5) is 25.0. The molecule has 2 aromatic carbocycles. The first-order valence-electron chi connectivity index (χ1n) is 6.74. The Kier molecular flexibility index (Phi) is 4.77. The summed E-state index contributed by atoms with van der Waals surface area (Å²) in [7, 11) is 1.30. The topological polar surface area (TPSA) is 69.6 Å². The van der Waals surface area contributed by atoms with Gasteiger partial charge in [-0.3, -0.25) is 9.59 Å². The minimum atomic E-state index is -4.66. The third kappa shape index (κ3) is 3.83. The molecule has 2 aromatic rings. The minimum Gasteiger partial charge on any atom is -0.508 e. The van der Waals surface area contributed by atoms with Crippen LogP contribution >= 0.6 is 0 Å². The molecule has 2 amide bonds. The maximum atomic E-state index is 12.9. The molecular weight excluding hydrogens is 325 g/mol. The standard InChI is InChI=1S/C16H13F3N2O3/c1-21(10-6-8-11(22)9-7-10)15(24)14(23)20-13-5-3-2-4-12(13)16(17,18)19/h2-9,22H,1H3,(H,20,23). The first kappa shape index (κ1) is 17.3. The van der Waals surface area contributed by atoms with Crippen LogP contribution in [0.2, 0.25) is 0 Å². The number of carbonyl (C=O) groups is 2. The van der Waals surface area contributed by atoms with E-state index < -0.39 is 29.2 Å². The fourth-order valence-corrected chi connectivity index (χ4v) is 1.96. The van der Waals surface area contributed by atoms with Crippen LogP contribution in [-0.4, -0.2) is 24.0 Å². The molecule has 0 saturated heterocycles. The van der Waals surface area contributed by atoms with E-state index in [0.717, 1.165) is 17.0 Å². The van der Waals surface area contributed by atoms with Crippen LogP contribution < -0.4 is 10.2 Å². The summed E-state index contributed by atoms with van der Waals surface area (Å²) in [6, 6.07) is 9.79. The van der Waals surface area contributed by atoms with Crippen molar-refractivity contribution in [2.75, 3.05) is 17.3 Å². The molecule has 0 aliphatic rings. The molecule has 0 fully saturated rings. The van der Waals surface area contributed by atoms with Crippen LogP contribution in [0.3, 0.4) is 0 Å². The van der Waals surface area contributed by atoms with Gasteiger partial charge in [-0.25, -0.2) is 0 Å². The monoisotopic (exact) mass is 338 g/mol. The number of para-hydroxylation sites is 1. The van der Waals surface area contributed by atoms with Crippen LogP contribution in [0.5, 0.6) is 5.75 Å². The summed E-state index contributed by atoms with van der Waals surface area (Å²) >= 11 is 0. The summed E-state index contributed by atoms with van der Waals surface area (Å²) < 4.78 is 38.7. The lowest BCUT2D eigenvalue weighted by atomic mass is 10.1. The van der Waals surface area contributed by atoms with Crippen molar-refractivity contribution in [3.8, 4) is 5.75 Å². The Bertz CT molecular complexity index is 758. The molecule has 0 atom stereocenters. The van der Waals surface area contributed by atoms with E-state index >= 15 is 0 Å². The zero-order valence-electron chi connectivity index (χ0n) is 12.5. The van der Waals surface area contributed by atoms with Gasteiger partial charge in [0, 0.05) is 12.7 Å². The zero-order chi connectivity index (χ0) is 17.9. The number of nitrogens with zero attached hydrogens (tertiary/aromatic N) is 1. The van der Waals surface area contributed by atoms with Crippen molar-refractivity contribution in [2.45, 2.75) is 6.18 Å². The van der Waals surface area contributed by atoms with E-state index in [4.69, 9.17) is 0 Å². The molecule has 8 heteroatoms. The normalized spacial score (nSPS) is 11.0. The molecule has 0 bridgehead atoms. The van der Waals surface area contributed by atoms with Gasteiger partial charge in [-0.2, -0.15) is 13.2 Å². The third-order valence-electron chi connectivity index (χ3n) is 3.22. The van der Waals surface area contributed by atoms with Crippen LogP contribution in [0, 0.1) is 0 Å². The summed E-state index contributed by atoms with van der Waals surface area (Å²) in [5, 5.41) is 11.2. The number of hydrogen-bond acceptors (Lipinski definition) is 3. The molecule has 0 saturated carbocycles. The molecule has 0 spiro atoms. The van der Waals surface area contributed by atoms with E-state index in [9.17, 15) is 27.9 Å². The van der Waals surface area contributed by atoms with Gasteiger partial charge in [-0.15, -0.1) is 0 Å². The number of anilines is 2. The largest absolute Gasteiger partial charge is 0.508 e. The molecule has 0 radical (unpaired) electrons. The molecule has 24 heavy (non-hydrogen) atoms. The van der Waals surface area contributed by atoms with Crippen molar-refractivity contribution >= 4 is 23.2 Å². The quantitative estimate of drug-likeness (QED) is 0.827. The fourth-order valence-electron chi connectivity index (χ4n) is 1.96. The number of aromatic hydroxyl groups is 1. The van der Waals surface area contributed by atoms with E-state index in [1.54, 1.807) is 0 Å². The highest BCUT2D eigenvalue weighted by atomic mass is 19.4. The Hall–Kier alpha value is -3.03. The van der Waals surface area contributed by atoms with Crippen molar-refractivity contribution < 1.29 is 27.9 Å². The van der Waals surface area contributed by atoms with Crippen molar-refractivity contribution in [3.05, 3.63) is 54.1 Å². The average Bonchev–Trinajstić information content (AvgIpc) is 2.53. The summed E-state index contributed by atoms with van der Waals surface area (Å²) in [5.41, 5.74) is -1.24. The lowest BCUT2D eigenvalue weighted by molar-refractivity contribution is -0.137. The third-order valence-corrected chi connectivity index (χ3v) is 3.22. The fraction of sp³-hybridized carbons (Fsp3) is 0.125. The molecule has 0 unspecified atom stereocenters. The van der Waals surface area contributed by atoms with Gasteiger partial charge in [-0.05, 0) is 36.4 Å². The summed E-state index contributed by atoms with van der Waals surface area (Å²) in [5.74, 6) is -2.27. The van der Waals surface area contributed by atoms with Gasteiger partial charge in [0.15, 0.2) is 0 Å². The Morgan fingerprint density at radius 2 is 1.62 bits per heavy atom. The van der Waals surface area contributed by atoms with Crippen LogP contribution in [0.15, 0.2) is 48.5 Å². The number of rotatable bonds is 2. The van der Waals surface area contributed by atoms with Crippen molar-refractivity contribution in [2.24, 2.45) is 0 Å². The summed E-state index contributed by atoms with van der Waals surface area (Å²) in [6.45, 7) is 0. The van der Waals surface area contributed by atoms with E-state index in [0.29, 0.717) is 5.69 Å². The van der Waals surface area contributed by atoms with Gasteiger partial charge < -0.3 is 15.3 Å². The number of phenols is 1. The van der Waals surface area contributed by atoms with Crippen LogP contribution in [-0.2, 0) is 15.8 Å². The molecule has 0 aliphatic carbocycles. The second kappa shape index (κ2) is 6.61. The predicted octanol–water partition coefficient (Wildman–Crippen LogP) is 3.01. The second-order valence-corrected chi connectivity index (χ2v) is 4.88. The highest BCUT2D eigenvalue weighted by Crippen LogP contribution is 2.34. The Morgan fingerprint density at radius 1 is 1.04 bits per heavy atom. The van der Waals surface area contributed by atoms with Gasteiger partial charge in [0.25, 0.3) is 0 Å². The van der Waals surface area contributed by atoms with Gasteiger partial charge in [0.05, 0.1) is 11.3 Å². The van der Waals surface area contributed by atoms with Crippen LogP contribution in [0.1, 0.15) is 5.56 Å². The smallest absolute Gasteiger partial charge is 0.418 e. The van der Waals surface area contributed by atoms with E-state index in [-0.39, 0.29) is 5.75 Å². The van der Waals surface area contributed by atoms with E-state index in [1.165, 1.54) is 43.4 Å².